The number of nitrogens with zero attached hydrogens (tertiary/aromatic N) is 1. The van der Waals surface area contributed by atoms with Gasteiger partial charge in [0.2, 0.25) is 11.8 Å². The Morgan fingerprint density at radius 2 is 1.79 bits per heavy atom. The smallest absolute Gasteiger partial charge is 0.224 e. The third kappa shape index (κ3) is 5.40. The second-order valence-corrected chi connectivity index (χ2v) is 7.11. The van der Waals surface area contributed by atoms with Gasteiger partial charge >= 0.3 is 0 Å². The molecule has 0 spiro atoms. The Labute approximate surface area is 167 Å². The molecule has 1 heterocycles. The lowest BCUT2D eigenvalue weighted by atomic mass is 10.2. The Hall–Kier alpha value is -3.19. The number of amides is 2. The van der Waals surface area contributed by atoms with Crippen LogP contribution in [0.5, 0.6) is 5.75 Å². The lowest BCUT2D eigenvalue weighted by Gasteiger charge is -2.07. The van der Waals surface area contributed by atoms with Gasteiger partial charge in [0.1, 0.15) is 5.75 Å². The fourth-order valence-corrected chi connectivity index (χ4v) is 3.45. The molecule has 0 bridgehead atoms. The van der Waals surface area contributed by atoms with Crippen molar-refractivity contribution in [1.29, 1.82) is 0 Å². The molecule has 28 heavy (non-hydrogen) atoms. The van der Waals surface area contributed by atoms with Crippen LogP contribution in [0, 0.1) is 0 Å². The van der Waals surface area contributed by atoms with E-state index in [2.05, 4.69) is 15.6 Å². The second-order valence-electron chi connectivity index (χ2n) is 6.17. The number of carbonyl (C=O) groups excluding carboxylic acids is 2. The highest BCUT2D eigenvalue weighted by Crippen LogP contribution is 2.25. The largest absolute Gasteiger partial charge is 0.497 e. The van der Waals surface area contributed by atoms with Gasteiger partial charge in [0.25, 0.3) is 0 Å². The van der Waals surface area contributed by atoms with Crippen molar-refractivity contribution in [3.63, 3.8) is 0 Å². The number of benzene rings is 2. The molecule has 0 radical (unpaired) electrons. The minimum absolute atomic E-state index is 0.0961. The highest BCUT2D eigenvalue weighted by molar-refractivity contribution is 7.09. The van der Waals surface area contributed by atoms with Crippen LogP contribution >= 0.6 is 11.3 Å². The number of methoxy groups -OCH3 is 1. The summed E-state index contributed by atoms with van der Waals surface area (Å²) in [5.74, 6) is 0.555. The molecular formula is C21H21N3O3S. The fourth-order valence-electron chi connectivity index (χ4n) is 2.64. The number of anilines is 2. The van der Waals surface area contributed by atoms with Gasteiger partial charge in [0.05, 0.1) is 17.8 Å². The number of nitrogens with one attached hydrogen (secondary N) is 2. The fraction of sp³-hybridized carbons (Fsp3) is 0.190. The molecule has 144 valence electrons. The summed E-state index contributed by atoms with van der Waals surface area (Å²) >= 11 is 1.54. The van der Waals surface area contributed by atoms with Gasteiger partial charge in [-0.3, -0.25) is 9.59 Å². The van der Waals surface area contributed by atoms with Gasteiger partial charge < -0.3 is 15.4 Å². The Morgan fingerprint density at radius 1 is 1.07 bits per heavy atom. The number of hydrogen-bond acceptors (Lipinski definition) is 5. The SMILES string of the molecule is COc1ccc(-c2csc(CCC(=O)Nc3cccc(NC(C)=O)c3)n2)cc1. The lowest BCUT2D eigenvalue weighted by molar-refractivity contribution is -0.116. The van der Waals surface area contributed by atoms with Crippen LogP contribution in [0.1, 0.15) is 18.4 Å². The molecule has 2 N–H and O–H groups in total. The molecule has 3 rings (SSSR count). The zero-order valence-electron chi connectivity index (χ0n) is 15.7. The first-order chi connectivity index (χ1) is 13.5. The van der Waals surface area contributed by atoms with Crippen molar-refractivity contribution in [1.82, 2.24) is 4.98 Å². The van der Waals surface area contributed by atoms with E-state index < -0.39 is 0 Å². The first kappa shape index (κ1) is 19.6. The molecule has 0 aliphatic rings. The summed E-state index contributed by atoms with van der Waals surface area (Å²) in [6, 6.07) is 14.8. The molecule has 2 amide bonds. The van der Waals surface area contributed by atoms with E-state index in [1.54, 1.807) is 42.7 Å². The van der Waals surface area contributed by atoms with E-state index in [1.807, 2.05) is 29.6 Å². The molecule has 0 atom stereocenters. The van der Waals surface area contributed by atoms with Gasteiger partial charge in [-0.2, -0.15) is 0 Å². The van der Waals surface area contributed by atoms with E-state index in [9.17, 15) is 9.59 Å². The van der Waals surface area contributed by atoms with Crippen LogP contribution in [0.3, 0.4) is 0 Å². The number of hydrogen-bond donors (Lipinski definition) is 2. The van der Waals surface area contributed by atoms with E-state index in [0.717, 1.165) is 22.0 Å². The van der Waals surface area contributed by atoms with E-state index in [1.165, 1.54) is 6.92 Å². The van der Waals surface area contributed by atoms with Crippen molar-refractivity contribution in [2.45, 2.75) is 19.8 Å². The summed E-state index contributed by atoms with van der Waals surface area (Å²) < 4.78 is 5.17. The van der Waals surface area contributed by atoms with Crippen LogP contribution in [0.15, 0.2) is 53.9 Å². The average Bonchev–Trinajstić information content (AvgIpc) is 3.15. The second kappa shape index (κ2) is 9.14. The van der Waals surface area contributed by atoms with Crippen molar-refractivity contribution in [2.75, 3.05) is 17.7 Å². The van der Waals surface area contributed by atoms with Crippen LogP contribution in [-0.2, 0) is 16.0 Å². The minimum Gasteiger partial charge on any atom is -0.497 e. The molecule has 0 saturated carbocycles. The Kier molecular flexibility index (Phi) is 6.39. The predicted molar refractivity (Wildman–Crippen MR) is 112 cm³/mol. The Bertz CT molecular complexity index is 967. The number of rotatable bonds is 7. The van der Waals surface area contributed by atoms with Crippen LogP contribution in [0.25, 0.3) is 11.3 Å². The highest BCUT2D eigenvalue weighted by atomic mass is 32.1. The van der Waals surface area contributed by atoms with Crippen molar-refractivity contribution in [3.05, 3.63) is 58.9 Å². The number of thiazole rings is 1. The molecule has 0 saturated heterocycles. The van der Waals surface area contributed by atoms with Gasteiger partial charge in [-0.15, -0.1) is 11.3 Å². The van der Waals surface area contributed by atoms with Gasteiger partial charge in [0.15, 0.2) is 0 Å². The number of ether oxygens (including phenoxy) is 1. The molecule has 0 aliphatic heterocycles. The minimum atomic E-state index is -0.153. The third-order valence-electron chi connectivity index (χ3n) is 3.97. The normalized spacial score (nSPS) is 10.4. The van der Waals surface area contributed by atoms with E-state index in [4.69, 9.17) is 4.74 Å². The van der Waals surface area contributed by atoms with Gasteiger partial charge in [0, 0.05) is 42.1 Å². The van der Waals surface area contributed by atoms with Gasteiger partial charge in [-0.05, 0) is 42.5 Å². The summed E-state index contributed by atoms with van der Waals surface area (Å²) in [6.07, 6.45) is 0.901. The van der Waals surface area contributed by atoms with Crippen molar-refractivity contribution < 1.29 is 14.3 Å². The molecule has 3 aromatic rings. The zero-order valence-corrected chi connectivity index (χ0v) is 16.5. The number of aromatic nitrogens is 1. The standard InChI is InChI=1S/C21H21N3O3S/c1-14(25)22-16-4-3-5-17(12-16)23-20(26)10-11-21-24-19(13-28-21)15-6-8-18(27-2)9-7-15/h3-9,12-13H,10-11H2,1-2H3,(H,22,25)(H,23,26). The summed E-state index contributed by atoms with van der Waals surface area (Å²) in [5, 5.41) is 8.45. The van der Waals surface area contributed by atoms with Crippen molar-refractivity contribution in [2.24, 2.45) is 0 Å². The first-order valence-corrected chi connectivity index (χ1v) is 9.68. The summed E-state index contributed by atoms with van der Waals surface area (Å²) in [5.41, 5.74) is 3.21. The molecule has 0 unspecified atom stereocenters. The van der Waals surface area contributed by atoms with Gasteiger partial charge in [-0.25, -0.2) is 4.98 Å². The third-order valence-corrected chi connectivity index (χ3v) is 4.88. The molecular weight excluding hydrogens is 374 g/mol. The maximum atomic E-state index is 12.2. The number of aryl methyl sites for hydroxylation is 1. The van der Waals surface area contributed by atoms with Crippen LogP contribution < -0.4 is 15.4 Å². The molecule has 2 aromatic carbocycles. The van der Waals surface area contributed by atoms with Crippen LogP contribution in [-0.4, -0.2) is 23.9 Å². The molecule has 0 fully saturated rings. The zero-order chi connectivity index (χ0) is 19.9. The summed E-state index contributed by atoms with van der Waals surface area (Å²) in [7, 11) is 1.64. The predicted octanol–water partition coefficient (Wildman–Crippen LogP) is 4.35. The number of carbonyl (C=O) groups is 2. The lowest BCUT2D eigenvalue weighted by Crippen LogP contribution is -2.13. The maximum Gasteiger partial charge on any atom is 0.224 e. The summed E-state index contributed by atoms with van der Waals surface area (Å²) in [6.45, 7) is 1.44. The molecule has 7 heteroatoms. The van der Waals surface area contributed by atoms with E-state index in [-0.39, 0.29) is 11.8 Å². The molecule has 6 nitrogen and oxygen atoms in total. The van der Waals surface area contributed by atoms with Crippen LogP contribution in [0.2, 0.25) is 0 Å². The monoisotopic (exact) mass is 395 g/mol. The maximum absolute atomic E-state index is 12.2. The van der Waals surface area contributed by atoms with Crippen molar-refractivity contribution >= 4 is 34.5 Å². The Morgan fingerprint density at radius 3 is 2.46 bits per heavy atom. The molecule has 1 aromatic heterocycles. The topological polar surface area (TPSA) is 80.3 Å². The van der Waals surface area contributed by atoms with Crippen molar-refractivity contribution in [3.8, 4) is 17.0 Å². The first-order valence-electron chi connectivity index (χ1n) is 8.80. The van der Waals surface area contributed by atoms with E-state index in [0.29, 0.717) is 24.2 Å². The quantitative estimate of drug-likeness (QED) is 0.623. The average molecular weight is 395 g/mol. The highest BCUT2D eigenvalue weighted by Gasteiger charge is 2.09. The van der Waals surface area contributed by atoms with E-state index >= 15 is 0 Å². The summed E-state index contributed by atoms with van der Waals surface area (Å²) in [4.78, 5) is 28.0. The van der Waals surface area contributed by atoms with Gasteiger partial charge in [-0.1, -0.05) is 6.07 Å². The molecule has 0 aliphatic carbocycles. The Balaban J connectivity index is 1.55. The van der Waals surface area contributed by atoms with Crippen LogP contribution in [0.4, 0.5) is 11.4 Å².